The normalized spacial score (nSPS) is 10.5. The summed E-state index contributed by atoms with van der Waals surface area (Å²) < 4.78 is 5.15. The minimum absolute atomic E-state index is 0.503. The molecule has 0 bridgehead atoms. The summed E-state index contributed by atoms with van der Waals surface area (Å²) in [5.74, 6) is 1.28. The number of ether oxygens (including phenoxy) is 1. The summed E-state index contributed by atoms with van der Waals surface area (Å²) in [4.78, 5) is 15.5. The molecule has 6 nitrogen and oxygen atoms in total. The van der Waals surface area contributed by atoms with E-state index in [0.717, 1.165) is 17.0 Å². The molecule has 90 valence electrons. The lowest BCUT2D eigenvalue weighted by Gasteiger charge is -2.06. The number of benzene rings is 1. The number of hydrogen-bond donors (Lipinski definition) is 2. The van der Waals surface area contributed by atoms with Crippen LogP contribution in [-0.4, -0.2) is 27.0 Å². The van der Waals surface area contributed by atoms with Gasteiger partial charge in [-0.1, -0.05) is 6.07 Å². The van der Waals surface area contributed by atoms with Crippen molar-refractivity contribution in [1.82, 2.24) is 19.9 Å². The molecule has 0 amide bonds. The minimum atomic E-state index is 0.503. The monoisotopic (exact) mass is 241 g/mol. The average molecular weight is 241 g/mol. The summed E-state index contributed by atoms with van der Waals surface area (Å²) in [5, 5.41) is 3.10. The van der Waals surface area contributed by atoms with Crippen LogP contribution in [-0.2, 0) is 0 Å². The number of fused-ring (bicyclic) bond motifs is 1. The summed E-state index contributed by atoms with van der Waals surface area (Å²) in [7, 11) is 1.63. The molecular formula is C12H11N5O. The van der Waals surface area contributed by atoms with Gasteiger partial charge >= 0.3 is 0 Å². The van der Waals surface area contributed by atoms with Crippen molar-refractivity contribution in [3.63, 3.8) is 0 Å². The average Bonchev–Trinajstić information content (AvgIpc) is 2.86. The molecule has 0 aliphatic heterocycles. The Bertz CT molecular complexity index is 679. The highest BCUT2D eigenvalue weighted by Crippen LogP contribution is 2.19. The Balaban J connectivity index is 1.90. The molecular weight excluding hydrogens is 230 g/mol. The Kier molecular flexibility index (Phi) is 2.53. The second-order valence-corrected chi connectivity index (χ2v) is 3.69. The molecule has 6 heteroatoms. The lowest BCUT2D eigenvalue weighted by atomic mass is 10.3. The van der Waals surface area contributed by atoms with Crippen molar-refractivity contribution in [2.24, 2.45) is 0 Å². The number of H-pyrrole nitrogens is 1. The largest absolute Gasteiger partial charge is 0.497 e. The zero-order valence-electron chi connectivity index (χ0n) is 9.71. The van der Waals surface area contributed by atoms with Gasteiger partial charge in [-0.25, -0.2) is 9.97 Å². The maximum atomic E-state index is 5.15. The van der Waals surface area contributed by atoms with Crippen molar-refractivity contribution in [1.29, 1.82) is 0 Å². The van der Waals surface area contributed by atoms with Crippen LogP contribution in [0.3, 0.4) is 0 Å². The fraction of sp³-hybridized carbons (Fsp3) is 0.0833. The van der Waals surface area contributed by atoms with Crippen molar-refractivity contribution >= 4 is 22.8 Å². The first-order chi connectivity index (χ1) is 8.85. The zero-order chi connectivity index (χ0) is 12.4. The number of nitrogens with zero attached hydrogens (tertiary/aromatic N) is 3. The SMILES string of the molecule is COc1cccc(Nc2ncc3[nH]cnc3n2)c1. The quantitative estimate of drug-likeness (QED) is 0.734. The number of nitrogens with one attached hydrogen (secondary N) is 2. The molecule has 3 rings (SSSR count). The second-order valence-electron chi connectivity index (χ2n) is 3.69. The van der Waals surface area contributed by atoms with E-state index in [9.17, 15) is 0 Å². The molecule has 0 spiro atoms. The Morgan fingerprint density at radius 2 is 2.22 bits per heavy atom. The van der Waals surface area contributed by atoms with E-state index in [2.05, 4.69) is 25.3 Å². The number of anilines is 2. The molecule has 0 aliphatic carbocycles. The predicted molar refractivity (Wildman–Crippen MR) is 68.0 cm³/mol. The summed E-state index contributed by atoms with van der Waals surface area (Å²) >= 11 is 0. The fourth-order valence-electron chi connectivity index (χ4n) is 1.63. The molecule has 2 aromatic heterocycles. The van der Waals surface area contributed by atoms with E-state index in [1.54, 1.807) is 19.6 Å². The lowest BCUT2D eigenvalue weighted by molar-refractivity contribution is 0.415. The molecule has 2 heterocycles. The standard InChI is InChI=1S/C12H11N5O/c1-18-9-4-2-3-8(5-9)16-12-13-6-10-11(17-12)15-7-14-10/h2-7H,1H3,(H2,13,14,15,16,17). The Morgan fingerprint density at radius 1 is 1.28 bits per heavy atom. The third-order valence-electron chi connectivity index (χ3n) is 2.50. The van der Waals surface area contributed by atoms with E-state index >= 15 is 0 Å². The maximum absolute atomic E-state index is 5.15. The number of rotatable bonds is 3. The number of hydrogen-bond acceptors (Lipinski definition) is 5. The lowest BCUT2D eigenvalue weighted by Crippen LogP contribution is -1.97. The molecule has 0 saturated heterocycles. The first-order valence-corrected chi connectivity index (χ1v) is 5.42. The molecule has 3 aromatic rings. The van der Waals surface area contributed by atoms with Crippen LogP contribution in [0.2, 0.25) is 0 Å². The topological polar surface area (TPSA) is 75.7 Å². The van der Waals surface area contributed by atoms with Gasteiger partial charge in [-0.05, 0) is 12.1 Å². The van der Waals surface area contributed by atoms with Gasteiger partial charge in [0.05, 0.1) is 19.6 Å². The van der Waals surface area contributed by atoms with Gasteiger partial charge in [-0.15, -0.1) is 0 Å². The number of imidazole rings is 1. The van der Waals surface area contributed by atoms with Crippen LogP contribution in [0, 0.1) is 0 Å². The van der Waals surface area contributed by atoms with Crippen molar-refractivity contribution in [2.75, 3.05) is 12.4 Å². The minimum Gasteiger partial charge on any atom is -0.497 e. The first kappa shape index (κ1) is 10.5. The Hall–Kier alpha value is -2.63. The smallest absolute Gasteiger partial charge is 0.229 e. The van der Waals surface area contributed by atoms with Crippen LogP contribution >= 0.6 is 0 Å². The zero-order valence-corrected chi connectivity index (χ0v) is 9.71. The van der Waals surface area contributed by atoms with Crippen LogP contribution in [0.1, 0.15) is 0 Å². The van der Waals surface area contributed by atoms with E-state index in [1.807, 2.05) is 24.3 Å². The van der Waals surface area contributed by atoms with Crippen LogP contribution in [0.15, 0.2) is 36.8 Å². The van der Waals surface area contributed by atoms with Gasteiger partial charge in [-0.3, -0.25) is 0 Å². The number of aromatic amines is 1. The van der Waals surface area contributed by atoms with Crippen molar-refractivity contribution in [3.8, 4) is 5.75 Å². The second kappa shape index (κ2) is 4.33. The molecule has 18 heavy (non-hydrogen) atoms. The van der Waals surface area contributed by atoms with Gasteiger partial charge in [0.25, 0.3) is 0 Å². The first-order valence-electron chi connectivity index (χ1n) is 5.42. The summed E-state index contributed by atoms with van der Waals surface area (Å²) in [6.07, 6.45) is 3.28. The highest BCUT2D eigenvalue weighted by Gasteiger charge is 2.02. The molecule has 0 aliphatic rings. The predicted octanol–water partition coefficient (Wildman–Crippen LogP) is 2.11. The van der Waals surface area contributed by atoms with Crippen LogP contribution in [0.25, 0.3) is 11.2 Å². The van der Waals surface area contributed by atoms with E-state index in [4.69, 9.17) is 4.74 Å². The molecule has 0 saturated carbocycles. The third-order valence-corrected chi connectivity index (χ3v) is 2.50. The van der Waals surface area contributed by atoms with Crippen molar-refractivity contribution < 1.29 is 4.74 Å². The van der Waals surface area contributed by atoms with Crippen LogP contribution in [0.5, 0.6) is 5.75 Å². The van der Waals surface area contributed by atoms with Crippen LogP contribution < -0.4 is 10.1 Å². The molecule has 0 atom stereocenters. The Labute approximate surface area is 103 Å². The third kappa shape index (κ3) is 1.95. The van der Waals surface area contributed by atoms with E-state index in [0.29, 0.717) is 11.6 Å². The summed E-state index contributed by atoms with van der Waals surface area (Å²) in [5.41, 5.74) is 2.31. The molecule has 0 fully saturated rings. The summed E-state index contributed by atoms with van der Waals surface area (Å²) in [6.45, 7) is 0. The molecule has 2 N–H and O–H groups in total. The fourth-order valence-corrected chi connectivity index (χ4v) is 1.63. The van der Waals surface area contributed by atoms with E-state index < -0.39 is 0 Å². The molecule has 1 aromatic carbocycles. The van der Waals surface area contributed by atoms with Gasteiger partial charge in [0.15, 0.2) is 5.65 Å². The van der Waals surface area contributed by atoms with E-state index in [-0.39, 0.29) is 0 Å². The Morgan fingerprint density at radius 3 is 3.11 bits per heavy atom. The van der Waals surface area contributed by atoms with Gasteiger partial charge in [-0.2, -0.15) is 4.98 Å². The molecule has 0 radical (unpaired) electrons. The highest BCUT2D eigenvalue weighted by molar-refractivity contribution is 5.70. The van der Waals surface area contributed by atoms with Gasteiger partial charge in [0.2, 0.25) is 5.95 Å². The maximum Gasteiger partial charge on any atom is 0.229 e. The van der Waals surface area contributed by atoms with Crippen LogP contribution in [0.4, 0.5) is 11.6 Å². The van der Waals surface area contributed by atoms with Crippen molar-refractivity contribution in [2.45, 2.75) is 0 Å². The summed E-state index contributed by atoms with van der Waals surface area (Å²) in [6, 6.07) is 7.57. The van der Waals surface area contributed by atoms with Gasteiger partial charge in [0, 0.05) is 11.8 Å². The highest BCUT2D eigenvalue weighted by atomic mass is 16.5. The number of aromatic nitrogens is 4. The van der Waals surface area contributed by atoms with Crippen molar-refractivity contribution in [3.05, 3.63) is 36.8 Å². The molecule has 0 unspecified atom stereocenters. The van der Waals surface area contributed by atoms with Gasteiger partial charge < -0.3 is 15.0 Å². The van der Waals surface area contributed by atoms with E-state index in [1.165, 1.54) is 0 Å². The number of methoxy groups -OCH3 is 1. The van der Waals surface area contributed by atoms with Gasteiger partial charge in [0.1, 0.15) is 11.3 Å².